The third-order valence-electron chi connectivity index (χ3n) is 6.08. The molecule has 0 saturated carbocycles. The van der Waals surface area contributed by atoms with Crippen molar-refractivity contribution in [3.8, 4) is 0 Å². The molecule has 6 nitrogen and oxygen atoms in total. The zero-order valence-electron chi connectivity index (χ0n) is 17.6. The smallest absolute Gasteiger partial charge is 0.191 e. The van der Waals surface area contributed by atoms with E-state index in [9.17, 15) is 5.11 Å². The number of benzene rings is 1. The normalized spacial score (nSPS) is 20.7. The van der Waals surface area contributed by atoms with Crippen LogP contribution < -0.4 is 10.6 Å². The Labute approximate surface area is 192 Å². The van der Waals surface area contributed by atoms with E-state index in [0.717, 1.165) is 50.7 Å². The third-order valence-corrected chi connectivity index (χ3v) is 6.08. The minimum atomic E-state index is 0. The molecule has 1 atom stereocenters. The van der Waals surface area contributed by atoms with Crippen LogP contribution in [-0.4, -0.2) is 74.0 Å². The van der Waals surface area contributed by atoms with E-state index in [-0.39, 0.29) is 42.0 Å². The molecule has 0 aromatic heterocycles. The first-order chi connectivity index (χ1) is 13.8. The number of hydrogen-bond donors (Lipinski definition) is 3. The molecule has 7 heteroatoms. The summed E-state index contributed by atoms with van der Waals surface area (Å²) in [5, 5.41) is 16.6. The van der Waals surface area contributed by atoms with Gasteiger partial charge in [0.05, 0.1) is 13.2 Å². The standard InChI is InChI=1S/C22H36N4O2.HI/c1-2-23-21(24-16-20(17-27)19-8-4-3-5-9-19)25-18-22(10-14-28-15-11-22)26-12-6-7-13-26;/h3-5,8-9,20,27H,2,6-7,10-18H2,1H3,(H2,23,24,25);1H. The minimum Gasteiger partial charge on any atom is -0.396 e. The Kier molecular flexibility index (Phi) is 10.7. The van der Waals surface area contributed by atoms with Gasteiger partial charge in [-0.25, -0.2) is 0 Å². The first-order valence-corrected chi connectivity index (χ1v) is 10.8. The summed E-state index contributed by atoms with van der Waals surface area (Å²) < 4.78 is 5.65. The summed E-state index contributed by atoms with van der Waals surface area (Å²) in [5.74, 6) is 0.891. The molecule has 0 bridgehead atoms. The molecule has 1 unspecified atom stereocenters. The SMILES string of the molecule is CCNC(=NCC1(N2CCCC2)CCOCC1)NCC(CO)c1ccccc1.I. The van der Waals surface area contributed by atoms with E-state index >= 15 is 0 Å². The molecule has 2 saturated heterocycles. The van der Waals surface area contributed by atoms with Crippen molar-refractivity contribution in [2.45, 2.75) is 44.1 Å². The Bertz CT molecular complexity index is 602. The number of ether oxygens (including phenoxy) is 1. The Morgan fingerprint density at radius 1 is 1.17 bits per heavy atom. The maximum atomic E-state index is 9.82. The lowest BCUT2D eigenvalue weighted by Crippen LogP contribution is -2.54. The van der Waals surface area contributed by atoms with E-state index in [0.29, 0.717) is 6.54 Å². The highest BCUT2D eigenvalue weighted by molar-refractivity contribution is 14.0. The fraction of sp³-hybridized carbons (Fsp3) is 0.682. The summed E-state index contributed by atoms with van der Waals surface area (Å²) in [6.07, 6.45) is 4.69. The van der Waals surface area contributed by atoms with Crippen molar-refractivity contribution >= 4 is 29.9 Å². The van der Waals surface area contributed by atoms with Crippen molar-refractivity contribution in [2.24, 2.45) is 4.99 Å². The summed E-state index contributed by atoms with van der Waals surface area (Å²) in [5.41, 5.74) is 1.28. The number of aliphatic hydroxyl groups excluding tert-OH is 1. The van der Waals surface area contributed by atoms with Crippen molar-refractivity contribution in [1.82, 2.24) is 15.5 Å². The van der Waals surface area contributed by atoms with Crippen molar-refractivity contribution < 1.29 is 9.84 Å². The van der Waals surface area contributed by atoms with Crippen LogP contribution in [0.3, 0.4) is 0 Å². The van der Waals surface area contributed by atoms with Crippen LogP contribution in [0.4, 0.5) is 0 Å². The summed E-state index contributed by atoms with van der Waals surface area (Å²) in [4.78, 5) is 7.61. The molecular formula is C22H37IN4O2. The van der Waals surface area contributed by atoms with E-state index in [2.05, 4.69) is 34.6 Å². The second-order valence-corrected chi connectivity index (χ2v) is 7.90. The highest BCUT2D eigenvalue weighted by atomic mass is 127. The van der Waals surface area contributed by atoms with Crippen LogP contribution in [0.15, 0.2) is 35.3 Å². The van der Waals surface area contributed by atoms with Gasteiger partial charge in [-0.15, -0.1) is 24.0 Å². The monoisotopic (exact) mass is 516 g/mol. The minimum absolute atomic E-state index is 0. The molecule has 0 amide bonds. The van der Waals surface area contributed by atoms with E-state index in [4.69, 9.17) is 9.73 Å². The highest BCUT2D eigenvalue weighted by Gasteiger charge is 2.39. The van der Waals surface area contributed by atoms with Crippen LogP contribution in [0.2, 0.25) is 0 Å². The van der Waals surface area contributed by atoms with Gasteiger partial charge in [-0.2, -0.15) is 0 Å². The van der Waals surface area contributed by atoms with Gasteiger partial charge in [-0.3, -0.25) is 9.89 Å². The van der Waals surface area contributed by atoms with Gasteiger partial charge in [0.25, 0.3) is 0 Å². The summed E-state index contributed by atoms with van der Waals surface area (Å²) in [7, 11) is 0. The molecule has 2 fully saturated rings. The molecule has 1 aromatic rings. The van der Waals surface area contributed by atoms with Crippen LogP contribution in [0, 0.1) is 0 Å². The number of halogens is 1. The lowest BCUT2D eigenvalue weighted by Gasteiger charge is -2.43. The molecule has 0 radical (unpaired) electrons. The van der Waals surface area contributed by atoms with Gasteiger partial charge in [-0.05, 0) is 51.3 Å². The second kappa shape index (κ2) is 12.7. The van der Waals surface area contributed by atoms with Gasteiger partial charge in [0.15, 0.2) is 5.96 Å². The molecule has 3 N–H and O–H groups in total. The fourth-order valence-corrected chi connectivity index (χ4v) is 4.32. The van der Waals surface area contributed by atoms with Crippen LogP contribution in [0.25, 0.3) is 0 Å². The average Bonchev–Trinajstić information content (AvgIpc) is 3.29. The highest BCUT2D eigenvalue weighted by Crippen LogP contribution is 2.31. The first-order valence-electron chi connectivity index (χ1n) is 10.8. The molecule has 3 rings (SSSR count). The maximum absolute atomic E-state index is 9.82. The molecule has 164 valence electrons. The molecule has 2 aliphatic heterocycles. The third kappa shape index (κ3) is 6.80. The topological polar surface area (TPSA) is 69.1 Å². The number of guanidine groups is 1. The largest absolute Gasteiger partial charge is 0.396 e. The fourth-order valence-electron chi connectivity index (χ4n) is 4.32. The van der Waals surface area contributed by atoms with Crippen LogP contribution in [-0.2, 0) is 4.74 Å². The number of rotatable bonds is 8. The van der Waals surface area contributed by atoms with Crippen molar-refractivity contribution in [2.75, 3.05) is 52.5 Å². The lowest BCUT2D eigenvalue weighted by molar-refractivity contribution is -0.0139. The molecule has 2 heterocycles. The van der Waals surface area contributed by atoms with Gasteiger partial charge in [0, 0.05) is 37.8 Å². The number of nitrogens with one attached hydrogen (secondary N) is 2. The number of hydrogen-bond acceptors (Lipinski definition) is 4. The number of likely N-dealkylation sites (tertiary alicyclic amines) is 1. The Balaban J connectivity index is 0.00000300. The van der Waals surface area contributed by atoms with Crippen LogP contribution >= 0.6 is 24.0 Å². The second-order valence-electron chi connectivity index (χ2n) is 7.90. The van der Waals surface area contributed by atoms with Gasteiger partial charge >= 0.3 is 0 Å². The molecule has 0 spiro atoms. The van der Waals surface area contributed by atoms with E-state index in [1.807, 2.05) is 18.2 Å². The number of aliphatic hydroxyl groups is 1. The molecule has 0 aliphatic carbocycles. The van der Waals surface area contributed by atoms with Crippen LogP contribution in [0.5, 0.6) is 0 Å². The van der Waals surface area contributed by atoms with E-state index in [1.54, 1.807) is 0 Å². The van der Waals surface area contributed by atoms with Gasteiger partial charge in [-0.1, -0.05) is 30.3 Å². The predicted octanol–water partition coefficient (Wildman–Crippen LogP) is 2.58. The number of nitrogens with zero attached hydrogens (tertiary/aromatic N) is 2. The van der Waals surface area contributed by atoms with Crippen molar-refractivity contribution in [3.05, 3.63) is 35.9 Å². The maximum Gasteiger partial charge on any atom is 0.191 e. The zero-order valence-corrected chi connectivity index (χ0v) is 19.9. The quantitative estimate of drug-likeness (QED) is 0.282. The van der Waals surface area contributed by atoms with E-state index in [1.165, 1.54) is 25.9 Å². The molecule has 2 aliphatic rings. The molecule has 1 aromatic carbocycles. The Hall–Kier alpha value is -0.900. The van der Waals surface area contributed by atoms with Crippen molar-refractivity contribution in [3.63, 3.8) is 0 Å². The average molecular weight is 516 g/mol. The summed E-state index contributed by atoms with van der Waals surface area (Å²) in [6.45, 7) is 8.50. The van der Waals surface area contributed by atoms with Gasteiger partial charge in [0.1, 0.15) is 0 Å². The lowest BCUT2D eigenvalue weighted by atomic mass is 9.88. The molecular weight excluding hydrogens is 479 g/mol. The van der Waals surface area contributed by atoms with E-state index < -0.39 is 0 Å². The summed E-state index contributed by atoms with van der Waals surface area (Å²) in [6, 6.07) is 10.2. The zero-order chi connectivity index (χ0) is 19.7. The van der Waals surface area contributed by atoms with Crippen molar-refractivity contribution in [1.29, 1.82) is 0 Å². The predicted molar refractivity (Wildman–Crippen MR) is 129 cm³/mol. The number of aliphatic imine (C=N–C) groups is 1. The first kappa shape index (κ1) is 24.4. The van der Waals surface area contributed by atoms with Crippen LogP contribution in [0.1, 0.15) is 44.1 Å². The van der Waals surface area contributed by atoms with Gasteiger partial charge in [0.2, 0.25) is 0 Å². The Morgan fingerprint density at radius 3 is 2.48 bits per heavy atom. The Morgan fingerprint density at radius 2 is 1.86 bits per heavy atom. The molecule has 29 heavy (non-hydrogen) atoms. The summed E-state index contributed by atoms with van der Waals surface area (Å²) >= 11 is 0. The van der Waals surface area contributed by atoms with Gasteiger partial charge < -0.3 is 20.5 Å².